The van der Waals surface area contributed by atoms with Gasteiger partial charge in [0.05, 0.1) is 7.11 Å². The first-order valence-electron chi connectivity index (χ1n) is 5.61. The van der Waals surface area contributed by atoms with Crippen molar-refractivity contribution in [1.82, 2.24) is 0 Å². The summed E-state index contributed by atoms with van der Waals surface area (Å²) >= 11 is 0. The van der Waals surface area contributed by atoms with Crippen LogP contribution in [0.5, 0.6) is 0 Å². The van der Waals surface area contributed by atoms with Crippen LogP contribution in [0.25, 0.3) is 5.57 Å². The molecule has 3 heteroatoms. The second-order valence-corrected chi connectivity index (χ2v) is 3.95. The quantitative estimate of drug-likeness (QED) is 0.748. The molecule has 0 aliphatic carbocycles. The number of hydrogen-bond donors (Lipinski definition) is 0. The zero-order chi connectivity index (χ0) is 12.7. The molecule has 0 aliphatic rings. The van der Waals surface area contributed by atoms with Crippen molar-refractivity contribution in [2.24, 2.45) is 5.92 Å². The van der Waals surface area contributed by atoms with Gasteiger partial charge in [0.1, 0.15) is 6.61 Å². The molecule has 0 radical (unpaired) electrons. The molecule has 0 fully saturated rings. The average Bonchev–Trinajstić information content (AvgIpc) is 2.34. The fourth-order valence-electron chi connectivity index (χ4n) is 1.58. The second-order valence-electron chi connectivity index (χ2n) is 3.95. The minimum atomic E-state index is -0.655. The highest BCUT2D eigenvalue weighted by molar-refractivity contribution is 5.67. The number of carbonyl (C=O) groups excluding carboxylic acids is 1. The van der Waals surface area contributed by atoms with Gasteiger partial charge in [-0.3, -0.25) is 0 Å². The van der Waals surface area contributed by atoms with E-state index in [-0.39, 0.29) is 6.61 Å². The first-order valence-corrected chi connectivity index (χ1v) is 5.61. The highest BCUT2D eigenvalue weighted by Gasteiger charge is 2.06. The second kappa shape index (κ2) is 6.74. The molecule has 1 aromatic carbocycles. The Bertz CT molecular complexity index is 380. The van der Waals surface area contributed by atoms with E-state index in [1.54, 1.807) is 0 Å². The smallest absolute Gasteiger partial charge is 0.438 e. The van der Waals surface area contributed by atoms with Crippen LogP contribution in [-0.4, -0.2) is 19.9 Å². The summed E-state index contributed by atoms with van der Waals surface area (Å²) in [7, 11) is 1.30. The molecule has 0 saturated carbocycles. The zero-order valence-electron chi connectivity index (χ0n) is 10.5. The molecule has 17 heavy (non-hydrogen) atoms. The van der Waals surface area contributed by atoms with Crippen LogP contribution >= 0.6 is 0 Å². The lowest BCUT2D eigenvalue weighted by Crippen LogP contribution is -2.05. The maximum atomic E-state index is 10.8. The monoisotopic (exact) mass is 234 g/mol. The molecule has 0 heterocycles. The van der Waals surface area contributed by atoms with Crippen molar-refractivity contribution >= 4 is 11.7 Å². The van der Waals surface area contributed by atoms with Crippen LogP contribution < -0.4 is 0 Å². The molecule has 0 saturated heterocycles. The lowest BCUT2D eigenvalue weighted by atomic mass is 9.95. The summed E-state index contributed by atoms with van der Waals surface area (Å²) in [4.78, 5) is 10.8. The van der Waals surface area contributed by atoms with Crippen LogP contribution in [0.15, 0.2) is 36.4 Å². The Hall–Kier alpha value is -1.77. The van der Waals surface area contributed by atoms with Gasteiger partial charge in [-0.05, 0) is 23.1 Å². The number of allylic oxidation sites excluding steroid dienone is 1. The van der Waals surface area contributed by atoms with Crippen molar-refractivity contribution in [2.45, 2.75) is 13.8 Å². The molecule has 0 N–H and O–H groups in total. The van der Waals surface area contributed by atoms with Crippen molar-refractivity contribution in [3.05, 3.63) is 42.0 Å². The van der Waals surface area contributed by atoms with Crippen molar-refractivity contribution < 1.29 is 14.3 Å². The predicted octanol–water partition coefficient (Wildman–Crippen LogP) is 3.51. The van der Waals surface area contributed by atoms with E-state index in [9.17, 15) is 4.79 Å². The molecule has 0 atom stereocenters. The standard InChI is InChI=1S/C14H18O3/c1-11(2)13(9-10-17-14(15)16-3)12-7-5-4-6-8-12/h4-9,11H,10H2,1-3H3/b13-9+. The molecule has 0 spiro atoms. The summed E-state index contributed by atoms with van der Waals surface area (Å²) < 4.78 is 9.26. The van der Waals surface area contributed by atoms with Crippen molar-refractivity contribution in [3.8, 4) is 0 Å². The van der Waals surface area contributed by atoms with E-state index in [0.717, 1.165) is 11.1 Å². The minimum Gasteiger partial charge on any atom is -0.438 e. The van der Waals surface area contributed by atoms with Crippen LogP contribution in [0.3, 0.4) is 0 Å². The minimum absolute atomic E-state index is 0.231. The first kappa shape index (κ1) is 13.3. The summed E-state index contributed by atoms with van der Waals surface area (Å²) in [5.74, 6) is 0.374. The van der Waals surface area contributed by atoms with Crippen molar-refractivity contribution in [1.29, 1.82) is 0 Å². The Morgan fingerprint density at radius 3 is 2.47 bits per heavy atom. The normalized spacial score (nSPS) is 11.4. The first-order chi connectivity index (χ1) is 8.15. The molecule has 0 bridgehead atoms. The topological polar surface area (TPSA) is 35.5 Å². The average molecular weight is 234 g/mol. The van der Waals surface area contributed by atoms with Gasteiger partial charge in [0, 0.05) is 0 Å². The Labute approximate surface area is 102 Å². The maximum Gasteiger partial charge on any atom is 0.508 e. The maximum absolute atomic E-state index is 10.8. The van der Waals surface area contributed by atoms with Gasteiger partial charge in [-0.1, -0.05) is 44.2 Å². The van der Waals surface area contributed by atoms with E-state index in [1.807, 2.05) is 36.4 Å². The van der Waals surface area contributed by atoms with Crippen LogP contribution in [0, 0.1) is 5.92 Å². The third-order valence-corrected chi connectivity index (χ3v) is 2.40. The molecule has 92 valence electrons. The Kier molecular flexibility index (Phi) is 5.27. The lowest BCUT2D eigenvalue weighted by Gasteiger charge is -2.12. The van der Waals surface area contributed by atoms with Crippen molar-refractivity contribution in [2.75, 3.05) is 13.7 Å². The Morgan fingerprint density at radius 1 is 1.29 bits per heavy atom. The van der Waals surface area contributed by atoms with Crippen LogP contribution in [0.2, 0.25) is 0 Å². The third-order valence-electron chi connectivity index (χ3n) is 2.40. The summed E-state index contributed by atoms with van der Waals surface area (Å²) in [5, 5.41) is 0. The van der Waals surface area contributed by atoms with Gasteiger partial charge in [0.15, 0.2) is 0 Å². The predicted molar refractivity (Wildman–Crippen MR) is 67.6 cm³/mol. The fraction of sp³-hybridized carbons (Fsp3) is 0.357. The van der Waals surface area contributed by atoms with Crippen LogP contribution in [0.1, 0.15) is 19.4 Å². The highest BCUT2D eigenvalue weighted by Crippen LogP contribution is 2.22. The Morgan fingerprint density at radius 2 is 1.94 bits per heavy atom. The van der Waals surface area contributed by atoms with Crippen molar-refractivity contribution in [3.63, 3.8) is 0 Å². The van der Waals surface area contributed by atoms with Gasteiger partial charge in [0.25, 0.3) is 0 Å². The van der Waals surface area contributed by atoms with Gasteiger partial charge in [-0.2, -0.15) is 0 Å². The van der Waals surface area contributed by atoms with E-state index >= 15 is 0 Å². The molecule has 0 aliphatic heterocycles. The number of benzene rings is 1. The van der Waals surface area contributed by atoms with Gasteiger partial charge < -0.3 is 9.47 Å². The molecular weight excluding hydrogens is 216 g/mol. The molecular formula is C14H18O3. The number of methoxy groups -OCH3 is 1. The van der Waals surface area contributed by atoms with E-state index in [4.69, 9.17) is 4.74 Å². The van der Waals surface area contributed by atoms with Gasteiger partial charge >= 0.3 is 6.16 Å². The van der Waals surface area contributed by atoms with E-state index in [1.165, 1.54) is 7.11 Å². The number of rotatable bonds is 4. The van der Waals surface area contributed by atoms with Gasteiger partial charge in [-0.25, -0.2) is 4.79 Å². The lowest BCUT2D eigenvalue weighted by molar-refractivity contribution is 0.0818. The SMILES string of the molecule is COC(=O)OC/C=C(/c1ccccc1)C(C)C. The van der Waals surface area contributed by atoms with Crippen LogP contribution in [-0.2, 0) is 9.47 Å². The summed E-state index contributed by atoms with van der Waals surface area (Å²) in [6.45, 7) is 4.45. The summed E-state index contributed by atoms with van der Waals surface area (Å²) in [6, 6.07) is 10.1. The van der Waals surface area contributed by atoms with E-state index in [2.05, 4.69) is 18.6 Å². The Balaban J connectivity index is 2.73. The highest BCUT2D eigenvalue weighted by atomic mass is 16.7. The molecule has 0 aromatic heterocycles. The summed E-state index contributed by atoms with van der Waals surface area (Å²) in [6.07, 6.45) is 1.26. The fourth-order valence-corrected chi connectivity index (χ4v) is 1.58. The molecule has 1 rings (SSSR count). The number of hydrogen-bond acceptors (Lipinski definition) is 3. The number of carbonyl (C=O) groups is 1. The van der Waals surface area contributed by atoms with Gasteiger partial charge in [0.2, 0.25) is 0 Å². The summed E-state index contributed by atoms with van der Waals surface area (Å²) in [5.41, 5.74) is 2.31. The van der Waals surface area contributed by atoms with E-state index in [0.29, 0.717) is 5.92 Å². The number of ether oxygens (including phenoxy) is 2. The van der Waals surface area contributed by atoms with E-state index < -0.39 is 6.16 Å². The molecule has 0 amide bonds. The molecule has 0 unspecified atom stereocenters. The largest absolute Gasteiger partial charge is 0.508 e. The third kappa shape index (κ3) is 4.31. The zero-order valence-corrected chi connectivity index (χ0v) is 10.5. The van der Waals surface area contributed by atoms with Crippen LogP contribution in [0.4, 0.5) is 4.79 Å². The van der Waals surface area contributed by atoms with Gasteiger partial charge in [-0.15, -0.1) is 0 Å². The molecule has 1 aromatic rings. The molecule has 3 nitrogen and oxygen atoms in total.